The Labute approximate surface area is 140 Å². The maximum absolute atomic E-state index is 12.0. The number of carbonyl (C=O) groups is 2. The molecule has 24 heavy (non-hydrogen) atoms. The lowest BCUT2D eigenvalue weighted by Gasteiger charge is -2.11. The summed E-state index contributed by atoms with van der Waals surface area (Å²) >= 11 is 0. The van der Waals surface area contributed by atoms with Crippen LogP contribution in [0, 0.1) is 0 Å². The predicted octanol–water partition coefficient (Wildman–Crippen LogP) is 1.99. The highest BCUT2D eigenvalue weighted by molar-refractivity contribution is 5.97. The van der Waals surface area contributed by atoms with E-state index in [2.05, 4.69) is 15.6 Å². The summed E-state index contributed by atoms with van der Waals surface area (Å²) in [5, 5.41) is 5.81. The molecule has 0 aliphatic heterocycles. The first kappa shape index (κ1) is 17.4. The highest BCUT2D eigenvalue weighted by Crippen LogP contribution is 2.21. The smallest absolute Gasteiger partial charge is 0.339 e. The summed E-state index contributed by atoms with van der Waals surface area (Å²) in [5.41, 5.74) is 1.90. The van der Waals surface area contributed by atoms with Gasteiger partial charge in [0.1, 0.15) is 5.69 Å². The Morgan fingerprint density at radius 2 is 1.96 bits per heavy atom. The Morgan fingerprint density at radius 3 is 2.71 bits per heavy atom. The van der Waals surface area contributed by atoms with Crippen LogP contribution in [0.15, 0.2) is 42.6 Å². The molecule has 2 rings (SSSR count). The van der Waals surface area contributed by atoms with E-state index >= 15 is 0 Å². The van der Waals surface area contributed by atoms with Gasteiger partial charge in [0.05, 0.1) is 25.0 Å². The van der Waals surface area contributed by atoms with E-state index in [9.17, 15) is 9.59 Å². The first-order chi connectivity index (χ1) is 11.7. The molecule has 0 saturated carbocycles. The van der Waals surface area contributed by atoms with Crippen molar-refractivity contribution in [1.29, 1.82) is 0 Å². The van der Waals surface area contributed by atoms with Gasteiger partial charge < -0.3 is 20.1 Å². The molecule has 1 heterocycles. The van der Waals surface area contributed by atoms with E-state index in [1.807, 2.05) is 0 Å². The number of anilines is 2. The molecule has 0 atom stereocenters. The lowest BCUT2D eigenvalue weighted by molar-refractivity contribution is 0.0601. The lowest BCUT2D eigenvalue weighted by Crippen LogP contribution is -2.27. The highest BCUT2D eigenvalue weighted by Gasteiger charge is 2.12. The number of ether oxygens (including phenoxy) is 2. The average molecular weight is 329 g/mol. The van der Waals surface area contributed by atoms with Gasteiger partial charge in [0, 0.05) is 25.5 Å². The number of aromatic nitrogens is 1. The molecular formula is C17H19N3O4. The highest BCUT2D eigenvalue weighted by atomic mass is 16.5. The van der Waals surface area contributed by atoms with Gasteiger partial charge in [-0.25, -0.2) is 4.79 Å². The first-order valence-electron chi connectivity index (χ1n) is 7.33. The molecule has 0 aliphatic carbocycles. The number of rotatable bonds is 7. The second-order valence-corrected chi connectivity index (χ2v) is 4.84. The molecule has 2 aromatic rings. The summed E-state index contributed by atoms with van der Waals surface area (Å²) < 4.78 is 9.65. The maximum atomic E-state index is 12.0. The number of hydrogen-bond acceptors (Lipinski definition) is 6. The van der Waals surface area contributed by atoms with Crippen molar-refractivity contribution in [2.24, 2.45) is 0 Å². The van der Waals surface area contributed by atoms with Crippen LogP contribution in [0.3, 0.4) is 0 Å². The number of benzene rings is 1. The van der Waals surface area contributed by atoms with Gasteiger partial charge in [-0.15, -0.1) is 0 Å². The van der Waals surface area contributed by atoms with Crippen LogP contribution < -0.4 is 10.6 Å². The van der Waals surface area contributed by atoms with E-state index in [1.165, 1.54) is 13.3 Å². The number of nitrogens with one attached hydrogen (secondary N) is 2. The first-order valence-corrected chi connectivity index (χ1v) is 7.33. The Bertz CT molecular complexity index is 718. The molecule has 0 bridgehead atoms. The quantitative estimate of drug-likeness (QED) is 0.596. The summed E-state index contributed by atoms with van der Waals surface area (Å²) in [6.45, 7) is 0.829. The zero-order valence-electron chi connectivity index (χ0n) is 13.5. The van der Waals surface area contributed by atoms with Crippen molar-refractivity contribution in [3.63, 3.8) is 0 Å². The zero-order chi connectivity index (χ0) is 17.4. The SMILES string of the molecule is COCCNC(=O)c1cc(Nc2ccccc2C(=O)OC)ccn1. The van der Waals surface area contributed by atoms with Crippen LogP contribution in [-0.4, -0.2) is 44.2 Å². The van der Waals surface area contributed by atoms with Gasteiger partial charge in [0.15, 0.2) is 0 Å². The van der Waals surface area contributed by atoms with Gasteiger partial charge in [-0.1, -0.05) is 12.1 Å². The number of hydrogen-bond donors (Lipinski definition) is 2. The van der Waals surface area contributed by atoms with E-state index in [4.69, 9.17) is 9.47 Å². The number of esters is 1. The Kier molecular flexibility index (Phi) is 6.27. The molecule has 126 valence electrons. The van der Waals surface area contributed by atoms with E-state index in [-0.39, 0.29) is 11.6 Å². The van der Waals surface area contributed by atoms with Gasteiger partial charge in [-0.3, -0.25) is 9.78 Å². The van der Waals surface area contributed by atoms with Crippen molar-refractivity contribution in [3.05, 3.63) is 53.9 Å². The van der Waals surface area contributed by atoms with Crippen LogP contribution in [0.25, 0.3) is 0 Å². The van der Waals surface area contributed by atoms with Crippen molar-refractivity contribution in [2.75, 3.05) is 32.7 Å². The van der Waals surface area contributed by atoms with Gasteiger partial charge in [-0.2, -0.15) is 0 Å². The Balaban J connectivity index is 2.15. The standard InChI is InChI=1S/C17H19N3O4/c1-23-10-9-19-16(21)15-11-12(7-8-18-15)20-14-6-4-3-5-13(14)17(22)24-2/h3-8,11H,9-10H2,1-2H3,(H,18,20)(H,19,21). The van der Waals surface area contributed by atoms with E-state index < -0.39 is 5.97 Å². The van der Waals surface area contributed by atoms with Crippen molar-refractivity contribution >= 4 is 23.3 Å². The van der Waals surface area contributed by atoms with Crippen molar-refractivity contribution < 1.29 is 19.1 Å². The van der Waals surface area contributed by atoms with Gasteiger partial charge in [-0.05, 0) is 24.3 Å². The monoisotopic (exact) mass is 329 g/mol. The van der Waals surface area contributed by atoms with Gasteiger partial charge >= 0.3 is 5.97 Å². The van der Waals surface area contributed by atoms with Crippen LogP contribution in [0.5, 0.6) is 0 Å². The zero-order valence-corrected chi connectivity index (χ0v) is 13.5. The Hall–Kier alpha value is -2.93. The molecule has 1 aromatic heterocycles. The third-order valence-corrected chi connectivity index (χ3v) is 3.20. The molecule has 7 heteroatoms. The number of amides is 1. The van der Waals surface area contributed by atoms with E-state index in [0.29, 0.717) is 30.1 Å². The Morgan fingerprint density at radius 1 is 1.17 bits per heavy atom. The van der Waals surface area contributed by atoms with Crippen molar-refractivity contribution in [1.82, 2.24) is 10.3 Å². The summed E-state index contributed by atoms with van der Waals surface area (Å²) in [6, 6.07) is 10.3. The number of para-hydroxylation sites is 1. The van der Waals surface area contributed by atoms with Crippen molar-refractivity contribution in [3.8, 4) is 0 Å². The van der Waals surface area contributed by atoms with Crippen molar-refractivity contribution in [2.45, 2.75) is 0 Å². The lowest BCUT2D eigenvalue weighted by atomic mass is 10.1. The van der Waals surface area contributed by atoms with Crippen LogP contribution in [-0.2, 0) is 9.47 Å². The fourth-order valence-corrected chi connectivity index (χ4v) is 2.03. The van der Waals surface area contributed by atoms with Crippen LogP contribution in [0.2, 0.25) is 0 Å². The molecule has 2 N–H and O–H groups in total. The minimum atomic E-state index is -0.440. The molecule has 0 unspecified atom stereocenters. The van der Waals surface area contributed by atoms with Gasteiger partial charge in [0.25, 0.3) is 5.91 Å². The largest absolute Gasteiger partial charge is 0.465 e. The second kappa shape index (κ2) is 8.64. The minimum absolute atomic E-state index is 0.270. The second-order valence-electron chi connectivity index (χ2n) is 4.84. The molecule has 0 aliphatic rings. The number of carbonyl (C=O) groups excluding carboxylic acids is 2. The minimum Gasteiger partial charge on any atom is -0.465 e. The van der Waals surface area contributed by atoms with E-state index in [0.717, 1.165) is 0 Å². The number of methoxy groups -OCH3 is 2. The summed E-state index contributed by atoms with van der Waals surface area (Å²) in [4.78, 5) is 27.9. The molecule has 0 fully saturated rings. The summed E-state index contributed by atoms with van der Waals surface area (Å²) in [5.74, 6) is -0.735. The molecule has 0 spiro atoms. The molecule has 0 saturated heterocycles. The van der Waals surface area contributed by atoms with Crippen LogP contribution >= 0.6 is 0 Å². The van der Waals surface area contributed by atoms with Gasteiger partial charge in [0.2, 0.25) is 0 Å². The summed E-state index contributed by atoms with van der Waals surface area (Å²) in [6.07, 6.45) is 1.52. The van der Waals surface area contributed by atoms with Crippen LogP contribution in [0.1, 0.15) is 20.8 Å². The molecule has 1 aromatic carbocycles. The van der Waals surface area contributed by atoms with Crippen LogP contribution in [0.4, 0.5) is 11.4 Å². The normalized spacial score (nSPS) is 10.1. The van der Waals surface area contributed by atoms with E-state index in [1.54, 1.807) is 43.5 Å². The maximum Gasteiger partial charge on any atom is 0.339 e. The molecular weight excluding hydrogens is 310 g/mol. The molecule has 7 nitrogen and oxygen atoms in total. The summed E-state index contributed by atoms with van der Waals surface area (Å²) in [7, 11) is 2.89. The average Bonchev–Trinajstić information content (AvgIpc) is 2.62. The third-order valence-electron chi connectivity index (χ3n) is 3.20. The fourth-order valence-electron chi connectivity index (χ4n) is 2.03. The number of pyridine rings is 1. The number of nitrogens with zero attached hydrogens (tertiary/aromatic N) is 1. The third kappa shape index (κ3) is 4.53. The fraction of sp³-hybridized carbons (Fsp3) is 0.235. The topological polar surface area (TPSA) is 89.6 Å². The molecule has 0 radical (unpaired) electrons. The molecule has 1 amide bonds. The predicted molar refractivity (Wildman–Crippen MR) is 89.5 cm³/mol.